The van der Waals surface area contributed by atoms with Gasteiger partial charge in [-0.05, 0) is 43.4 Å². The second-order valence-corrected chi connectivity index (χ2v) is 4.86. The number of ether oxygens (including phenoxy) is 1. The highest BCUT2D eigenvalue weighted by Gasteiger charge is 2.20. The van der Waals surface area contributed by atoms with Crippen LogP contribution in [0, 0.1) is 12.8 Å². The summed E-state index contributed by atoms with van der Waals surface area (Å²) in [5, 5.41) is 2.81. The number of benzene rings is 1. The number of amides is 1. The second kappa shape index (κ2) is 5.87. The molecule has 1 fully saturated rings. The van der Waals surface area contributed by atoms with Crippen LogP contribution in [0.5, 0.6) is 0 Å². The van der Waals surface area contributed by atoms with Gasteiger partial charge in [0.15, 0.2) is 0 Å². The fourth-order valence-electron chi connectivity index (χ4n) is 1.76. The van der Waals surface area contributed by atoms with Crippen molar-refractivity contribution in [1.82, 2.24) is 5.32 Å². The van der Waals surface area contributed by atoms with E-state index in [4.69, 9.17) is 10.5 Å². The summed E-state index contributed by atoms with van der Waals surface area (Å²) in [6.07, 6.45) is 2.57. The van der Waals surface area contributed by atoms with Gasteiger partial charge in [-0.1, -0.05) is 6.07 Å². The largest absolute Gasteiger partial charge is 0.398 e. The summed E-state index contributed by atoms with van der Waals surface area (Å²) in [5.74, 6) is 0.621. The smallest absolute Gasteiger partial charge is 0.253 e. The predicted octanol–water partition coefficient (Wildman–Crippen LogP) is 1.73. The normalized spacial score (nSPS) is 14.5. The maximum atomic E-state index is 11.8. The standard InChI is InChI=1S/C14H20N2O2/c1-10-2-5-12(13(15)8-10)14(17)16-6-7-18-9-11-3-4-11/h2,5,8,11H,3-4,6-7,9,15H2,1H3,(H,16,17). The highest BCUT2D eigenvalue weighted by atomic mass is 16.5. The zero-order chi connectivity index (χ0) is 13.0. The molecule has 0 radical (unpaired) electrons. The first kappa shape index (κ1) is 12.9. The van der Waals surface area contributed by atoms with Gasteiger partial charge in [-0.25, -0.2) is 0 Å². The third-order valence-electron chi connectivity index (χ3n) is 3.03. The summed E-state index contributed by atoms with van der Waals surface area (Å²) in [7, 11) is 0. The lowest BCUT2D eigenvalue weighted by Gasteiger charge is -2.08. The summed E-state index contributed by atoms with van der Waals surface area (Å²) >= 11 is 0. The molecule has 1 amide bonds. The molecule has 0 aliphatic heterocycles. The molecule has 18 heavy (non-hydrogen) atoms. The molecule has 1 aliphatic rings. The minimum absolute atomic E-state index is 0.137. The van der Waals surface area contributed by atoms with Gasteiger partial charge in [0.2, 0.25) is 0 Å². The molecule has 0 saturated heterocycles. The van der Waals surface area contributed by atoms with E-state index < -0.39 is 0 Å². The van der Waals surface area contributed by atoms with Crippen molar-refractivity contribution >= 4 is 11.6 Å². The summed E-state index contributed by atoms with van der Waals surface area (Å²) in [6, 6.07) is 5.44. The SMILES string of the molecule is Cc1ccc(C(=O)NCCOCC2CC2)c(N)c1. The van der Waals surface area contributed by atoms with E-state index in [0.29, 0.717) is 24.4 Å². The average Bonchev–Trinajstić information content (AvgIpc) is 3.12. The van der Waals surface area contributed by atoms with Gasteiger partial charge in [0.05, 0.1) is 12.2 Å². The molecule has 0 unspecified atom stereocenters. The molecule has 1 aromatic carbocycles. The van der Waals surface area contributed by atoms with Crippen molar-refractivity contribution in [3.8, 4) is 0 Å². The number of nitrogens with one attached hydrogen (secondary N) is 1. The fraction of sp³-hybridized carbons (Fsp3) is 0.500. The molecule has 0 heterocycles. The molecule has 0 bridgehead atoms. The van der Waals surface area contributed by atoms with Crippen LogP contribution in [0.4, 0.5) is 5.69 Å². The number of anilines is 1. The number of rotatable bonds is 6. The van der Waals surface area contributed by atoms with E-state index in [1.165, 1.54) is 12.8 Å². The highest BCUT2D eigenvalue weighted by Crippen LogP contribution is 2.28. The monoisotopic (exact) mass is 248 g/mol. The van der Waals surface area contributed by atoms with Gasteiger partial charge in [-0.3, -0.25) is 4.79 Å². The molecule has 2 rings (SSSR count). The van der Waals surface area contributed by atoms with Crippen LogP contribution in [0.1, 0.15) is 28.8 Å². The maximum absolute atomic E-state index is 11.8. The Kier molecular flexibility index (Phi) is 4.20. The van der Waals surface area contributed by atoms with Crippen molar-refractivity contribution in [2.75, 3.05) is 25.5 Å². The lowest BCUT2D eigenvalue weighted by molar-refractivity contribution is 0.0907. The van der Waals surface area contributed by atoms with E-state index in [1.807, 2.05) is 13.0 Å². The van der Waals surface area contributed by atoms with Gasteiger partial charge in [-0.15, -0.1) is 0 Å². The molecule has 1 aliphatic carbocycles. The zero-order valence-corrected chi connectivity index (χ0v) is 10.7. The van der Waals surface area contributed by atoms with Gasteiger partial charge in [0.25, 0.3) is 5.91 Å². The number of carbonyl (C=O) groups excluding carboxylic acids is 1. The van der Waals surface area contributed by atoms with Crippen LogP contribution < -0.4 is 11.1 Å². The molecule has 3 N–H and O–H groups in total. The topological polar surface area (TPSA) is 64.3 Å². The molecule has 4 heteroatoms. The molecular weight excluding hydrogens is 228 g/mol. The van der Waals surface area contributed by atoms with E-state index in [1.54, 1.807) is 12.1 Å². The first-order valence-corrected chi connectivity index (χ1v) is 6.39. The Morgan fingerprint density at radius 2 is 2.28 bits per heavy atom. The van der Waals surface area contributed by atoms with Crippen molar-refractivity contribution in [1.29, 1.82) is 0 Å². The van der Waals surface area contributed by atoms with Gasteiger partial charge in [0, 0.05) is 18.8 Å². The minimum Gasteiger partial charge on any atom is -0.398 e. The molecule has 0 atom stereocenters. The third kappa shape index (κ3) is 3.74. The van der Waals surface area contributed by atoms with Crippen LogP contribution in [0.3, 0.4) is 0 Å². The third-order valence-corrected chi connectivity index (χ3v) is 3.03. The second-order valence-electron chi connectivity index (χ2n) is 4.86. The first-order chi connectivity index (χ1) is 8.66. The summed E-state index contributed by atoms with van der Waals surface area (Å²) in [5.41, 5.74) is 7.91. The number of carbonyl (C=O) groups is 1. The Labute approximate surface area is 108 Å². The summed E-state index contributed by atoms with van der Waals surface area (Å²) in [4.78, 5) is 11.8. The quantitative estimate of drug-likeness (QED) is 0.595. The molecule has 1 aromatic rings. The van der Waals surface area contributed by atoms with Crippen molar-refractivity contribution < 1.29 is 9.53 Å². The minimum atomic E-state index is -0.137. The molecule has 1 saturated carbocycles. The van der Waals surface area contributed by atoms with Crippen molar-refractivity contribution in [3.05, 3.63) is 29.3 Å². The van der Waals surface area contributed by atoms with Crippen LogP contribution in [-0.4, -0.2) is 25.7 Å². The number of aryl methyl sites for hydroxylation is 1. The predicted molar refractivity (Wildman–Crippen MR) is 71.5 cm³/mol. The van der Waals surface area contributed by atoms with Crippen LogP contribution in [0.15, 0.2) is 18.2 Å². The molecule has 0 spiro atoms. The van der Waals surface area contributed by atoms with E-state index in [-0.39, 0.29) is 5.91 Å². The molecular formula is C14H20N2O2. The molecule has 98 valence electrons. The van der Waals surface area contributed by atoms with Crippen molar-refractivity contribution in [3.63, 3.8) is 0 Å². The van der Waals surface area contributed by atoms with Gasteiger partial charge >= 0.3 is 0 Å². The van der Waals surface area contributed by atoms with Gasteiger partial charge in [0.1, 0.15) is 0 Å². The van der Waals surface area contributed by atoms with E-state index in [0.717, 1.165) is 18.1 Å². The number of hydrogen-bond donors (Lipinski definition) is 2. The van der Waals surface area contributed by atoms with E-state index in [2.05, 4.69) is 5.32 Å². The van der Waals surface area contributed by atoms with Crippen molar-refractivity contribution in [2.45, 2.75) is 19.8 Å². The van der Waals surface area contributed by atoms with Crippen molar-refractivity contribution in [2.24, 2.45) is 5.92 Å². The maximum Gasteiger partial charge on any atom is 0.253 e. The van der Waals surface area contributed by atoms with Crippen LogP contribution in [-0.2, 0) is 4.74 Å². The average molecular weight is 248 g/mol. The van der Waals surface area contributed by atoms with Crippen LogP contribution >= 0.6 is 0 Å². The van der Waals surface area contributed by atoms with E-state index in [9.17, 15) is 4.79 Å². The zero-order valence-electron chi connectivity index (χ0n) is 10.7. The Morgan fingerprint density at radius 1 is 1.50 bits per heavy atom. The highest BCUT2D eigenvalue weighted by molar-refractivity contribution is 5.99. The number of hydrogen-bond acceptors (Lipinski definition) is 3. The lowest BCUT2D eigenvalue weighted by Crippen LogP contribution is -2.28. The number of nitrogens with two attached hydrogens (primary N) is 1. The summed E-state index contributed by atoms with van der Waals surface area (Å²) in [6.45, 7) is 3.86. The lowest BCUT2D eigenvalue weighted by atomic mass is 10.1. The fourth-order valence-corrected chi connectivity index (χ4v) is 1.76. The number of nitrogen functional groups attached to an aromatic ring is 1. The Hall–Kier alpha value is -1.55. The Bertz CT molecular complexity index is 428. The summed E-state index contributed by atoms with van der Waals surface area (Å²) < 4.78 is 5.45. The van der Waals surface area contributed by atoms with E-state index >= 15 is 0 Å². The molecule has 0 aromatic heterocycles. The van der Waals surface area contributed by atoms with Crippen LogP contribution in [0.2, 0.25) is 0 Å². The van der Waals surface area contributed by atoms with Gasteiger partial charge < -0.3 is 15.8 Å². The Balaban J connectivity index is 1.72. The Morgan fingerprint density at radius 3 is 2.94 bits per heavy atom. The van der Waals surface area contributed by atoms with Gasteiger partial charge in [-0.2, -0.15) is 0 Å². The first-order valence-electron chi connectivity index (χ1n) is 6.39. The molecule has 4 nitrogen and oxygen atoms in total. The van der Waals surface area contributed by atoms with Crippen LogP contribution in [0.25, 0.3) is 0 Å².